The van der Waals surface area contributed by atoms with Crippen LogP contribution in [0.5, 0.6) is 0 Å². The van der Waals surface area contributed by atoms with E-state index in [0.29, 0.717) is 0 Å². The fraction of sp³-hybridized carbons (Fsp3) is 1.00. The second-order valence-corrected chi connectivity index (χ2v) is 4.16. The number of hydrogen-bond donors (Lipinski definition) is 3. The van der Waals surface area contributed by atoms with Crippen LogP contribution in [0.2, 0.25) is 0 Å². The second kappa shape index (κ2) is 3.09. The molecule has 4 unspecified atom stereocenters. The van der Waals surface area contributed by atoms with E-state index in [1.165, 1.54) is 11.8 Å². The Morgan fingerprint density at radius 1 is 1.30 bits per heavy atom. The molecule has 0 saturated carbocycles. The molecule has 0 bridgehead atoms. The lowest BCUT2D eigenvalue weighted by atomic mass is 10.1. The van der Waals surface area contributed by atoms with E-state index in [2.05, 4.69) is 0 Å². The first-order valence-electron chi connectivity index (χ1n) is 3.29. The van der Waals surface area contributed by atoms with E-state index in [0.717, 1.165) is 0 Å². The zero-order valence-corrected chi connectivity index (χ0v) is 6.58. The van der Waals surface area contributed by atoms with Gasteiger partial charge in [0.1, 0.15) is 0 Å². The molecular formula is C6H12O3S. The normalized spacial score (nSPS) is 48.0. The molecule has 3 nitrogen and oxygen atoms in total. The van der Waals surface area contributed by atoms with Gasteiger partial charge in [-0.25, -0.2) is 0 Å². The van der Waals surface area contributed by atoms with Crippen LogP contribution in [0.3, 0.4) is 0 Å². The molecule has 0 spiro atoms. The van der Waals surface area contributed by atoms with Crippen LogP contribution in [0.1, 0.15) is 6.92 Å². The number of aliphatic hydroxyl groups is 3. The van der Waals surface area contributed by atoms with Crippen molar-refractivity contribution in [3.63, 3.8) is 0 Å². The molecule has 0 aromatic rings. The Kier molecular flexibility index (Phi) is 2.57. The zero-order chi connectivity index (χ0) is 7.72. The Morgan fingerprint density at radius 3 is 2.10 bits per heavy atom. The van der Waals surface area contributed by atoms with Crippen molar-refractivity contribution in [2.75, 3.05) is 6.61 Å². The van der Waals surface area contributed by atoms with Crippen molar-refractivity contribution in [2.45, 2.75) is 29.6 Å². The minimum absolute atomic E-state index is 0.0344. The summed E-state index contributed by atoms with van der Waals surface area (Å²) >= 11 is 1.43. The standard InChI is InChI=1S/C6H12O3S/c1-3-5(8)6(9)4(2-7)10-3/h3-9H,2H2,1H3. The Hall–Kier alpha value is 0.230. The molecule has 1 aliphatic heterocycles. The summed E-state index contributed by atoms with van der Waals surface area (Å²) < 4.78 is 0. The summed E-state index contributed by atoms with van der Waals surface area (Å²) in [6, 6.07) is 0. The third kappa shape index (κ3) is 1.29. The first-order chi connectivity index (χ1) is 4.66. The van der Waals surface area contributed by atoms with Gasteiger partial charge >= 0.3 is 0 Å². The average molecular weight is 164 g/mol. The Labute approximate surface area is 64.1 Å². The first-order valence-corrected chi connectivity index (χ1v) is 4.23. The van der Waals surface area contributed by atoms with E-state index < -0.39 is 12.2 Å². The van der Waals surface area contributed by atoms with E-state index in [-0.39, 0.29) is 17.1 Å². The maximum Gasteiger partial charge on any atom is 0.0950 e. The Morgan fingerprint density at radius 2 is 1.90 bits per heavy atom. The van der Waals surface area contributed by atoms with Crippen LogP contribution in [0.25, 0.3) is 0 Å². The average Bonchev–Trinajstić information content (AvgIpc) is 2.17. The van der Waals surface area contributed by atoms with Gasteiger partial charge in [0.25, 0.3) is 0 Å². The summed E-state index contributed by atoms with van der Waals surface area (Å²) in [5.74, 6) is 0. The molecule has 0 aliphatic carbocycles. The van der Waals surface area contributed by atoms with E-state index in [4.69, 9.17) is 5.11 Å². The van der Waals surface area contributed by atoms with Crippen molar-refractivity contribution < 1.29 is 15.3 Å². The van der Waals surface area contributed by atoms with Crippen LogP contribution in [0.15, 0.2) is 0 Å². The Bertz CT molecular complexity index is 120. The highest BCUT2D eigenvalue weighted by molar-refractivity contribution is 8.00. The molecule has 4 atom stereocenters. The molecule has 4 heteroatoms. The lowest BCUT2D eigenvalue weighted by Gasteiger charge is -2.11. The predicted molar refractivity (Wildman–Crippen MR) is 39.9 cm³/mol. The second-order valence-electron chi connectivity index (χ2n) is 2.54. The molecule has 0 amide bonds. The molecule has 1 heterocycles. The van der Waals surface area contributed by atoms with Gasteiger partial charge in [-0.3, -0.25) is 0 Å². The summed E-state index contributed by atoms with van der Waals surface area (Å²) in [6.45, 7) is 1.78. The lowest BCUT2D eigenvalue weighted by molar-refractivity contribution is 0.0221. The van der Waals surface area contributed by atoms with Crippen LogP contribution < -0.4 is 0 Å². The maximum absolute atomic E-state index is 9.20. The number of aliphatic hydroxyl groups excluding tert-OH is 3. The van der Waals surface area contributed by atoms with Gasteiger partial charge in [-0.05, 0) is 0 Å². The van der Waals surface area contributed by atoms with Crippen LogP contribution >= 0.6 is 11.8 Å². The van der Waals surface area contributed by atoms with E-state index in [1.54, 1.807) is 0 Å². The fourth-order valence-electron chi connectivity index (χ4n) is 1.09. The van der Waals surface area contributed by atoms with Crippen molar-refractivity contribution in [3.05, 3.63) is 0 Å². The molecular weight excluding hydrogens is 152 g/mol. The van der Waals surface area contributed by atoms with E-state index in [9.17, 15) is 10.2 Å². The molecule has 0 aromatic heterocycles. The molecule has 1 aliphatic rings. The van der Waals surface area contributed by atoms with Gasteiger partial charge < -0.3 is 15.3 Å². The quantitative estimate of drug-likeness (QED) is 0.475. The van der Waals surface area contributed by atoms with Crippen LogP contribution in [-0.4, -0.2) is 44.6 Å². The maximum atomic E-state index is 9.20. The highest BCUT2D eigenvalue weighted by Gasteiger charge is 2.38. The molecule has 60 valence electrons. The predicted octanol–water partition coefficient (Wildman–Crippen LogP) is -0.796. The van der Waals surface area contributed by atoms with Gasteiger partial charge in [0.2, 0.25) is 0 Å². The van der Waals surface area contributed by atoms with Crippen molar-refractivity contribution in [1.82, 2.24) is 0 Å². The summed E-state index contributed by atoms with van der Waals surface area (Å²) in [7, 11) is 0. The molecule has 0 aromatic carbocycles. The third-order valence-corrected chi connectivity index (χ3v) is 3.27. The van der Waals surface area contributed by atoms with Crippen molar-refractivity contribution in [2.24, 2.45) is 0 Å². The molecule has 10 heavy (non-hydrogen) atoms. The van der Waals surface area contributed by atoms with E-state index >= 15 is 0 Å². The molecule has 1 fully saturated rings. The molecule has 1 saturated heterocycles. The van der Waals surface area contributed by atoms with Gasteiger partial charge in [0, 0.05) is 5.25 Å². The van der Waals surface area contributed by atoms with Crippen molar-refractivity contribution in [3.8, 4) is 0 Å². The Balaban J connectivity index is 2.53. The summed E-state index contributed by atoms with van der Waals surface area (Å²) in [4.78, 5) is 0. The lowest BCUT2D eigenvalue weighted by Crippen LogP contribution is -2.32. The molecule has 3 N–H and O–H groups in total. The largest absolute Gasteiger partial charge is 0.395 e. The van der Waals surface area contributed by atoms with Crippen molar-refractivity contribution >= 4 is 11.8 Å². The summed E-state index contributed by atoms with van der Waals surface area (Å²) in [6.07, 6.45) is -1.44. The fourth-order valence-corrected chi connectivity index (χ4v) is 2.37. The number of hydrogen-bond acceptors (Lipinski definition) is 4. The van der Waals surface area contributed by atoms with Gasteiger partial charge in [-0.15, -0.1) is 11.8 Å². The van der Waals surface area contributed by atoms with Crippen LogP contribution in [0.4, 0.5) is 0 Å². The monoisotopic (exact) mass is 164 g/mol. The minimum Gasteiger partial charge on any atom is -0.395 e. The smallest absolute Gasteiger partial charge is 0.0950 e. The van der Waals surface area contributed by atoms with Gasteiger partial charge in [0.15, 0.2) is 0 Å². The van der Waals surface area contributed by atoms with Crippen LogP contribution in [0, 0.1) is 0 Å². The topological polar surface area (TPSA) is 60.7 Å². The van der Waals surface area contributed by atoms with Crippen LogP contribution in [-0.2, 0) is 0 Å². The minimum atomic E-state index is -0.759. The highest BCUT2D eigenvalue weighted by Crippen LogP contribution is 2.33. The third-order valence-electron chi connectivity index (χ3n) is 1.78. The summed E-state index contributed by atoms with van der Waals surface area (Å²) in [5.41, 5.74) is 0. The van der Waals surface area contributed by atoms with Gasteiger partial charge in [-0.1, -0.05) is 6.92 Å². The molecule has 0 radical (unpaired) electrons. The van der Waals surface area contributed by atoms with Gasteiger partial charge in [-0.2, -0.15) is 0 Å². The summed E-state index contributed by atoms with van der Waals surface area (Å²) in [5, 5.41) is 26.9. The molecule has 1 rings (SSSR count). The number of rotatable bonds is 1. The van der Waals surface area contributed by atoms with E-state index in [1.807, 2.05) is 6.92 Å². The van der Waals surface area contributed by atoms with Crippen molar-refractivity contribution in [1.29, 1.82) is 0 Å². The highest BCUT2D eigenvalue weighted by atomic mass is 32.2. The number of thioether (sulfide) groups is 1. The zero-order valence-electron chi connectivity index (χ0n) is 5.77. The first kappa shape index (κ1) is 8.33. The SMILES string of the molecule is CC1SC(CO)C(O)C1O. The van der Waals surface area contributed by atoms with Gasteiger partial charge in [0.05, 0.1) is 24.1 Å².